The summed E-state index contributed by atoms with van der Waals surface area (Å²) in [5.74, 6) is 0.568. The summed E-state index contributed by atoms with van der Waals surface area (Å²) in [7, 11) is 1.65. The van der Waals surface area contributed by atoms with E-state index in [0.29, 0.717) is 23.8 Å². The van der Waals surface area contributed by atoms with Crippen molar-refractivity contribution < 1.29 is 9.53 Å². The number of rotatable bonds is 6. The summed E-state index contributed by atoms with van der Waals surface area (Å²) in [6, 6.07) is 16.0. The summed E-state index contributed by atoms with van der Waals surface area (Å²) in [5, 5.41) is 4.74. The van der Waals surface area contributed by atoms with E-state index in [0.717, 1.165) is 28.0 Å². The zero-order chi connectivity index (χ0) is 19.5. The van der Waals surface area contributed by atoms with Crippen molar-refractivity contribution in [2.24, 2.45) is 5.73 Å². The number of nitrogens with zero attached hydrogens (tertiary/aromatic N) is 2. The monoisotopic (exact) mass is 392 g/mol. The number of hydrogen-bond acceptors (Lipinski definition) is 5. The van der Waals surface area contributed by atoms with Crippen LogP contribution in [0.3, 0.4) is 0 Å². The molecule has 4 aromatic rings. The molecule has 3 heterocycles. The number of amides is 1. The number of nitrogens with one attached hydrogen (secondary N) is 1. The zero-order valence-electron chi connectivity index (χ0n) is 15.4. The zero-order valence-corrected chi connectivity index (χ0v) is 16.2. The maximum absolute atomic E-state index is 12.2. The largest absolute Gasteiger partial charge is 0.482 e. The molecule has 0 aliphatic heterocycles. The van der Waals surface area contributed by atoms with Gasteiger partial charge in [-0.25, -0.2) is 4.98 Å². The molecule has 0 unspecified atom stereocenters. The molecule has 142 valence electrons. The number of carbonyl (C=O) groups excluding carboxylic acids is 1. The van der Waals surface area contributed by atoms with E-state index in [4.69, 9.17) is 10.5 Å². The Bertz CT molecular complexity index is 1120. The SMILES string of the molecule is COc1cc(-c2ccccc2)cc2ncc(-c3csc(C(=O)NCCN)c3)n12. The van der Waals surface area contributed by atoms with Gasteiger partial charge in [-0.15, -0.1) is 11.3 Å². The lowest BCUT2D eigenvalue weighted by Crippen LogP contribution is -2.28. The summed E-state index contributed by atoms with van der Waals surface area (Å²) in [6.45, 7) is 0.871. The quantitative estimate of drug-likeness (QED) is 0.527. The van der Waals surface area contributed by atoms with Gasteiger partial charge in [0.1, 0.15) is 5.65 Å². The molecule has 3 aromatic heterocycles. The first-order chi connectivity index (χ1) is 13.7. The second-order valence-corrected chi connectivity index (χ2v) is 7.14. The second kappa shape index (κ2) is 7.84. The van der Waals surface area contributed by atoms with Crippen molar-refractivity contribution in [2.45, 2.75) is 0 Å². The molecule has 0 fully saturated rings. The van der Waals surface area contributed by atoms with E-state index in [1.54, 1.807) is 13.3 Å². The van der Waals surface area contributed by atoms with Crippen LogP contribution in [-0.2, 0) is 0 Å². The van der Waals surface area contributed by atoms with Crippen LogP contribution in [0.25, 0.3) is 28.0 Å². The predicted octanol–water partition coefficient (Wildman–Crippen LogP) is 3.43. The first-order valence-electron chi connectivity index (χ1n) is 8.89. The van der Waals surface area contributed by atoms with Gasteiger partial charge in [0.15, 0.2) is 5.88 Å². The standard InChI is InChI=1S/C21H20N4O2S/c1-27-20-11-15(14-5-3-2-4-6-14)10-19-24-12-17(25(19)20)16-9-18(28-13-16)21(26)23-8-7-22/h2-6,9-13H,7-8,22H2,1H3,(H,23,26). The maximum atomic E-state index is 12.2. The molecule has 1 amide bonds. The molecule has 6 nitrogen and oxygen atoms in total. The van der Waals surface area contributed by atoms with Crippen molar-refractivity contribution in [2.75, 3.05) is 20.2 Å². The number of hydrogen-bond donors (Lipinski definition) is 2. The van der Waals surface area contributed by atoms with Gasteiger partial charge in [0.2, 0.25) is 0 Å². The molecule has 1 aromatic carbocycles. The van der Waals surface area contributed by atoms with Gasteiger partial charge in [-0.1, -0.05) is 30.3 Å². The van der Waals surface area contributed by atoms with Crippen molar-refractivity contribution >= 4 is 22.9 Å². The first-order valence-corrected chi connectivity index (χ1v) is 9.77. The highest BCUT2D eigenvalue weighted by Crippen LogP contribution is 2.32. The Morgan fingerprint density at radius 1 is 1.18 bits per heavy atom. The van der Waals surface area contributed by atoms with Crippen molar-refractivity contribution in [1.29, 1.82) is 0 Å². The smallest absolute Gasteiger partial charge is 0.261 e. The summed E-state index contributed by atoms with van der Waals surface area (Å²) < 4.78 is 7.61. The minimum Gasteiger partial charge on any atom is -0.482 e. The number of aromatic nitrogens is 2. The lowest BCUT2D eigenvalue weighted by Gasteiger charge is -2.10. The Kier molecular flexibility index (Phi) is 5.10. The summed E-state index contributed by atoms with van der Waals surface area (Å²) in [5.41, 5.74) is 10.2. The highest BCUT2D eigenvalue weighted by Gasteiger charge is 2.16. The third-order valence-electron chi connectivity index (χ3n) is 4.44. The highest BCUT2D eigenvalue weighted by atomic mass is 32.1. The van der Waals surface area contributed by atoms with Crippen LogP contribution in [0, 0.1) is 0 Å². The van der Waals surface area contributed by atoms with E-state index in [9.17, 15) is 4.79 Å². The van der Waals surface area contributed by atoms with E-state index in [1.807, 2.05) is 46.2 Å². The van der Waals surface area contributed by atoms with Crippen LogP contribution in [0.15, 0.2) is 60.1 Å². The molecule has 0 aliphatic rings. The maximum Gasteiger partial charge on any atom is 0.261 e. The number of fused-ring (bicyclic) bond motifs is 1. The summed E-state index contributed by atoms with van der Waals surface area (Å²) in [6.07, 6.45) is 1.80. The van der Waals surface area contributed by atoms with Crippen LogP contribution in [0.1, 0.15) is 9.67 Å². The highest BCUT2D eigenvalue weighted by molar-refractivity contribution is 7.12. The van der Waals surface area contributed by atoms with Crippen molar-refractivity contribution in [3.63, 3.8) is 0 Å². The summed E-state index contributed by atoms with van der Waals surface area (Å²) in [4.78, 5) is 17.4. The number of methoxy groups -OCH3 is 1. The molecular weight excluding hydrogens is 372 g/mol. The van der Waals surface area contributed by atoms with E-state index in [1.165, 1.54) is 11.3 Å². The molecule has 0 atom stereocenters. The molecule has 0 saturated carbocycles. The van der Waals surface area contributed by atoms with Gasteiger partial charge in [0.05, 0.1) is 23.9 Å². The van der Waals surface area contributed by atoms with Crippen molar-refractivity contribution in [1.82, 2.24) is 14.7 Å². The van der Waals surface area contributed by atoms with E-state index in [2.05, 4.69) is 22.4 Å². The molecule has 28 heavy (non-hydrogen) atoms. The number of thiophene rings is 1. The fourth-order valence-electron chi connectivity index (χ4n) is 3.09. The lowest BCUT2D eigenvalue weighted by atomic mass is 10.1. The van der Waals surface area contributed by atoms with Gasteiger partial charge >= 0.3 is 0 Å². The molecular formula is C21H20N4O2S. The number of nitrogens with two attached hydrogens (primary N) is 1. The molecule has 0 saturated heterocycles. The molecule has 4 rings (SSSR count). The predicted molar refractivity (Wildman–Crippen MR) is 112 cm³/mol. The van der Waals surface area contributed by atoms with Crippen LogP contribution in [0.2, 0.25) is 0 Å². The van der Waals surface area contributed by atoms with Gasteiger partial charge in [-0.2, -0.15) is 0 Å². The molecule has 0 aliphatic carbocycles. The van der Waals surface area contributed by atoms with Crippen LogP contribution >= 0.6 is 11.3 Å². The molecule has 3 N–H and O–H groups in total. The average molecular weight is 392 g/mol. The number of ether oxygens (including phenoxy) is 1. The number of benzene rings is 1. The van der Waals surface area contributed by atoms with Crippen LogP contribution in [0.5, 0.6) is 5.88 Å². The Morgan fingerprint density at radius 3 is 2.75 bits per heavy atom. The third kappa shape index (κ3) is 3.37. The Balaban J connectivity index is 1.75. The molecule has 0 spiro atoms. The van der Waals surface area contributed by atoms with Crippen LogP contribution in [-0.4, -0.2) is 35.5 Å². The van der Waals surface area contributed by atoms with Gasteiger partial charge in [-0.05, 0) is 23.3 Å². The van der Waals surface area contributed by atoms with Crippen LogP contribution in [0.4, 0.5) is 0 Å². The number of pyridine rings is 1. The van der Waals surface area contributed by atoms with Crippen LogP contribution < -0.4 is 15.8 Å². The minimum atomic E-state index is -0.117. The van der Waals surface area contributed by atoms with Crippen molar-refractivity contribution in [3.05, 3.63) is 65.0 Å². The lowest BCUT2D eigenvalue weighted by molar-refractivity contribution is 0.0959. The Morgan fingerprint density at radius 2 is 2.00 bits per heavy atom. The van der Waals surface area contributed by atoms with Crippen molar-refractivity contribution in [3.8, 4) is 28.3 Å². The average Bonchev–Trinajstić information content (AvgIpc) is 3.39. The molecule has 7 heteroatoms. The summed E-state index contributed by atoms with van der Waals surface area (Å²) >= 11 is 1.39. The Labute approximate surface area is 166 Å². The van der Waals surface area contributed by atoms with E-state index in [-0.39, 0.29) is 5.91 Å². The minimum absolute atomic E-state index is 0.117. The van der Waals surface area contributed by atoms with Gasteiger partial charge in [-0.3, -0.25) is 9.20 Å². The molecule has 0 bridgehead atoms. The second-order valence-electron chi connectivity index (χ2n) is 6.23. The fourth-order valence-corrected chi connectivity index (χ4v) is 3.91. The normalized spacial score (nSPS) is 10.9. The van der Waals surface area contributed by atoms with Gasteiger partial charge < -0.3 is 15.8 Å². The van der Waals surface area contributed by atoms with E-state index >= 15 is 0 Å². The number of imidazole rings is 1. The third-order valence-corrected chi connectivity index (χ3v) is 5.37. The Hall–Kier alpha value is -3.16. The fraction of sp³-hybridized carbons (Fsp3) is 0.143. The van der Waals surface area contributed by atoms with Gasteiger partial charge in [0.25, 0.3) is 5.91 Å². The molecule has 0 radical (unpaired) electrons. The van der Waals surface area contributed by atoms with Gasteiger partial charge in [0, 0.05) is 30.1 Å². The first kappa shape index (κ1) is 18.2. The number of carbonyl (C=O) groups is 1. The van der Waals surface area contributed by atoms with E-state index < -0.39 is 0 Å². The topological polar surface area (TPSA) is 81.6 Å².